The Balaban J connectivity index is 1.53. The van der Waals surface area contributed by atoms with E-state index in [0.29, 0.717) is 46.6 Å². The molecule has 0 aliphatic rings. The number of aromatic nitrogens is 2. The van der Waals surface area contributed by atoms with Crippen LogP contribution in [0.5, 0.6) is 0 Å². The average Bonchev–Trinajstić information content (AvgIpc) is 2.98. The summed E-state index contributed by atoms with van der Waals surface area (Å²) < 4.78 is 15.3. The molecular formula is C22H23ClFN3OS. The van der Waals surface area contributed by atoms with Gasteiger partial charge < -0.3 is 5.32 Å². The fourth-order valence-corrected chi connectivity index (χ4v) is 4.07. The number of nitrogens with one attached hydrogen (secondary N) is 1. The fourth-order valence-electron chi connectivity index (χ4n) is 2.91. The Labute approximate surface area is 179 Å². The predicted molar refractivity (Wildman–Crippen MR) is 117 cm³/mol. The average molecular weight is 432 g/mol. The number of aryl methyl sites for hydroxylation is 2. The van der Waals surface area contributed by atoms with Gasteiger partial charge in [0, 0.05) is 18.1 Å². The summed E-state index contributed by atoms with van der Waals surface area (Å²) in [5, 5.41) is 7.63. The van der Waals surface area contributed by atoms with Gasteiger partial charge in [0.05, 0.1) is 17.8 Å². The number of halogens is 2. The van der Waals surface area contributed by atoms with Crippen molar-refractivity contribution in [1.29, 1.82) is 0 Å². The van der Waals surface area contributed by atoms with E-state index in [2.05, 4.69) is 10.4 Å². The van der Waals surface area contributed by atoms with Crippen molar-refractivity contribution in [1.82, 2.24) is 15.1 Å². The van der Waals surface area contributed by atoms with Crippen LogP contribution < -0.4 is 5.32 Å². The molecule has 3 aromatic rings. The molecule has 0 aliphatic heterocycles. The van der Waals surface area contributed by atoms with Crippen LogP contribution >= 0.6 is 23.4 Å². The van der Waals surface area contributed by atoms with Crippen LogP contribution in [0.25, 0.3) is 0 Å². The summed E-state index contributed by atoms with van der Waals surface area (Å²) in [5.74, 6) is 0.798. The largest absolute Gasteiger partial charge is 0.351 e. The lowest BCUT2D eigenvalue weighted by atomic mass is 10.1. The summed E-state index contributed by atoms with van der Waals surface area (Å²) in [4.78, 5) is 12.6. The Morgan fingerprint density at radius 3 is 2.62 bits per heavy atom. The van der Waals surface area contributed by atoms with Crippen LogP contribution in [-0.2, 0) is 12.3 Å². The van der Waals surface area contributed by atoms with Gasteiger partial charge >= 0.3 is 0 Å². The molecule has 7 heteroatoms. The van der Waals surface area contributed by atoms with Crippen molar-refractivity contribution in [3.63, 3.8) is 0 Å². The Hall–Kier alpha value is -2.31. The smallest absolute Gasteiger partial charge is 0.256 e. The monoisotopic (exact) mass is 431 g/mol. The van der Waals surface area contributed by atoms with Crippen LogP contribution in [0.4, 0.5) is 4.39 Å². The number of amides is 1. The summed E-state index contributed by atoms with van der Waals surface area (Å²) >= 11 is 8.00. The van der Waals surface area contributed by atoms with Crippen molar-refractivity contribution in [3.05, 3.63) is 87.4 Å². The van der Waals surface area contributed by atoms with Crippen molar-refractivity contribution in [2.45, 2.75) is 26.1 Å². The second kappa shape index (κ2) is 9.94. The highest BCUT2D eigenvalue weighted by atomic mass is 35.5. The first kappa shape index (κ1) is 21.4. The third-order valence-electron chi connectivity index (χ3n) is 4.49. The van der Waals surface area contributed by atoms with E-state index >= 15 is 0 Å². The molecule has 0 bridgehead atoms. The number of hydrogen-bond acceptors (Lipinski definition) is 3. The molecule has 0 saturated heterocycles. The SMILES string of the molecule is Cc1ccc(Cn2nc(C)c(C(=O)NCCSCc3ccccc3F)c2Cl)cc1. The number of nitrogens with zero attached hydrogens (tertiary/aromatic N) is 2. The quantitative estimate of drug-likeness (QED) is 0.510. The lowest BCUT2D eigenvalue weighted by Crippen LogP contribution is -2.26. The molecule has 0 saturated carbocycles. The highest BCUT2D eigenvalue weighted by Crippen LogP contribution is 2.21. The van der Waals surface area contributed by atoms with Crippen LogP contribution in [0.3, 0.4) is 0 Å². The van der Waals surface area contributed by atoms with Gasteiger partial charge in [-0.3, -0.25) is 4.79 Å². The Kier molecular flexibility index (Phi) is 7.34. The standard InChI is InChI=1S/C22H23ClFN3OS/c1-15-7-9-17(10-8-15)13-27-21(23)20(16(2)26-27)22(28)25-11-12-29-14-18-5-3-4-6-19(18)24/h3-10H,11-14H2,1-2H3,(H,25,28). The Bertz CT molecular complexity index is 988. The maximum Gasteiger partial charge on any atom is 0.256 e. The van der Waals surface area contributed by atoms with Gasteiger partial charge in [-0.1, -0.05) is 59.6 Å². The minimum atomic E-state index is -0.242. The zero-order valence-corrected chi connectivity index (χ0v) is 18.0. The molecule has 4 nitrogen and oxygen atoms in total. The van der Waals surface area contributed by atoms with E-state index in [-0.39, 0.29) is 11.7 Å². The van der Waals surface area contributed by atoms with Crippen molar-refractivity contribution >= 4 is 29.3 Å². The van der Waals surface area contributed by atoms with Crippen LogP contribution in [0, 0.1) is 19.7 Å². The number of hydrogen-bond donors (Lipinski definition) is 1. The zero-order chi connectivity index (χ0) is 20.8. The van der Waals surface area contributed by atoms with E-state index in [1.807, 2.05) is 37.3 Å². The molecule has 1 N–H and O–H groups in total. The van der Waals surface area contributed by atoms with Gasteiger partial charge in [0.2, 0.25) is 0 Å². The first-order valence-electron chi connectivity index (χ1n) is 9.33. The van der Waals surface area contributed by atoms with E-state index in [1.54, 1.807) is 35.5 Å². The summed E-state index contributed by atoms with van der Waals surface area (Å²) in [5.41, 5.74) is 3.91. The molecule has 1 heterocycles. The maximum absolute atomic E-state index is 13.6. The van der Waals surface area contributed by atoms with Crippen LogP contribution in [0.1, 0.15) is 32.7 Å². The Morgan fingerprint density at radius 2 is 1.90 bits per heavy atom. The molecule has 0 unspecified atom stereocenters. The normalized spacial score (nSPS) is 10.9. The van der Waals surface area contributed by atoms with Gasteiger partial charge in [-0.15, -0.1) is 0 Å². The summed E-state index contributed by atoms with van der Waals surface area (Å²) in [6, 6.07) is 14.8. The number of carbonyl (C=O) groups excluding carboxylic acids is 1. The van der Waals surface area contributed by atoms with Crippen molar-refractivity contribution in [2.75, 3.05) is 12.3 Å². The number of benzene rings is 2. The van der Waals surface area contributed by atoms with E-state index in [9.17, 15) is 9.18 Å². The summed E-state index contributed by atoms with van der Waals surface area (Å²) in [6.45, 7) is 4.79. The molecule has 0 spiro atoms. The minimum Gasteiger partial charge on any atom is -0.351 e. The van der Waals surface area contributed by atoms with E-state index in [0.717, 1.165) is 5.56 Å². The van der Waals surface area contributed by atoms with E-state index < -0.39 is 0 Å². The molecule has 0 aliphatic carbocycles. The van der Waals surface area contributed by atoms with E-state index in [1.165, 1.54) is 11.6 Å². The minimum absolute atomic E-state index is 0.201. The molecule has 29 heavy (non-hydrogen) atoms. The highest BCUT2D eigenvalue weighted by molar-refractivity contribution is 7.98. The summed E-state index contributed by atoms with van der Waals surface area (Å²) in [7, 11) is 0. The first-order chi connectivity index (χ1) is 14.0. The molecular weight excluding hydrogens is 409 g/mol. The zero-order valence-electron chi connectivity index (χ0n) is 16.4. The second-order valence-corrected chi connectivity index (χ2v) is 8.26. The van der Waals surface area contributed by atoms with Gasteiger partial charge in [-0.25, -0.2) is 9.07 Å². The van der Waals surface area contributed by atoms with Gasteiger partial charge in [0.25, 0.3) is 5.91 Å². The molecule has 1 amide bonds. The fraction of sp³-hybridized carbons (Fsp3) is 0.273. The topological polar surface area (TPSA) is 46.9 Å². The van der Waals surface area contributed by atoms with Crippen LogP contribution in [0.2, 0.25) is 5.15 Å². The molecule has 3 rings (SSSR count). The number of thioether (sulfide) groups is 1. The lowest BCUT2D eigenvalue weighted by molar-refractivity contribution is 0.0955. The lowest BCUT2D eigenvalue weighted by Gasteiger charge is -2.07. The van der Waals surface area contributed by atoms with E-state index in [4.69, 9.17) is 11.6 Å². The molecule has 2 aromatic carbocycles. The van der Waals surface area contributed by atoms with Crippen molar-refractivity contribution in [2.24, 2.45) is 0 Å². The first-order valence-corrected chi connectivity index (χ1v) is 10.9. The van der Waals surface area contributed by atoms with Crippen molar-refractivity contribution < 1.29 is 9.18 Å². The predicted octanol–water partition coefficient (Wildman–Crippen LogP) is 5.00. The van der Waals surface area contributed by atoms with Gasteiger partial charge in [-0.05, 0) is 31.0 Å². The molecule has 0 fully saturated rings. The van der Waals surface area contributed by atoms with Crippen LogP contribution in [0.15, 0.2) is 48.5 Å². The Morgan fingerprint density at radius 1 is 1.17 bits per heavy atom. The summed E-state index contributed by atoms with van der Waals surface area (Å²) in [6.07, 6.45) is 0. The van der Waals surface area contributed by atoms with Gasteiger partial charge in [-0.2, -0.15) is 16.9 Å². The van der Waals surface area contributed by atoms with Gasteiger partial charge in [0.15, 0.2) is 0 Å². The molecule has 0 radical (unpaired) electrons. The van der Waals surface area contributed by atoms with Crippen molar-refractivity contribution in [3.8, 4) is 0 Å². The molecule has 152 valence electrons. The maximum atomic E-state index is 13.6. The second-order valence-electron chi connectivity index (χ2n) is 6.79. The molecule has 1 aromatic heterocycles. The number of carbonyl (C=O) groups is 1. The highest BCUT2D eigenvalue weighted by Gasteiger charge is 2.20. The third-order valence-corrected chi connectivity index (χ3v) is 5.88. The molecule has 0 atom stereocenters. The third kappa shape index (κ3) is 5.61. The number of rotatable bonds is 8. The van der Waals surface area contributed by atoms with Crippen LogP contribution in [-0.4, -0.2) is 28.0 Å². The van der Waals surface area contributed by atoms with Gasteiger partial charge in [0.1, 0.15) is 11.0 Å².